The molecule has 0 radical (unpaired) electrons. The Hall–Kier alpha value is -5.32. The highest BCUT2D eigenvalue weighted by atomic mass is 16.4. The molecule has 0 spiro atoms. The number of carbonyl (C=O) groups excluding carboxylic acids is 4. The maximum atomic E-state index is 12.8. The van der Waals surface area contributed by atoms with Crippen molar-refractivity contribution in [3.05, 3.63) is 143 Å². The Kier molecular flexibility index (Phi) is 22.8. The second-order valence-electron chi connectivity index (χ2n) is 18.6. The summed E-state index contributed by atoms with van der Waals surface area (Å²) in [4.78, 5) is 50.0. The highest BCUT2D eigenvalue weighted by Crippen LogP contribution is 2.37. The molecule has 2 heterocycles. The maximum Gasteiger partial charge on any atom is 0.229 e. The minimum Gasteiger partial charge on any atom is -0.548 e. The fraction of sp³-hybridized carbons (Fsp3) is 0.500. The fourth-order valence-corrected chi connectivity index (χ4v) is 9.73. The molecule has 2 aliphatic heterocycles. The molecular formula is C56H80N4O6. The van der Waals surface area contributed by atoms with Crippen LogP contribution in [0, 0.1) is 37.5 Å². The van der Waals surface area contributed by atoms with E-state index in [2.05, 4.69) is 101 Å². The van der Waals surface area contributed by atoms with E-state index < -0.39 is 25.0 Å². The Morgan fingerprint density at radius 2 is 0.924 bits per heavy atom. The summed E-state index contributed by atoms with van der Waals surface area (Å²) in [6.07, 6.45) is 3.33. The molecule has 4 aromatic rings. The van der Waals surface area contributed by atoms with Crippen LogP contribution in [-0.2, 0) is 42.8 Å². The van der Waals surface area contributed by atoms with Crippen LogP contribution in [0.1, 0.15) is 102 Å². The predicted molar refractivity (Wildman–Crippen MR) is 262 cm³/mol. The molecule has 2 unspecified atom stereocenters. The number of hydrogen-bond donors (Lipinski definition) is 4. The number of nitrogens with one attached hydrogen (secondary N) is 4. The minimum absolute atomic E-state index is 0.127. The third kappa shape index (κ3) is 16.5. The number of carboxylic acid groups (broad SMARTS) is 2. The zero-order valence-corrected chi connectivity index (χ0v) is 41.6. The Morgan fingerprint density at radius 3 is 1.23 bits per heavy atom. The predicted octanol–water partition coefficient (Wildman–Crippen LogP) is 3.86. The van der Waals surface area contributed by atoms with Crippen molar-refractivity contribution in [1.82, 2.24) is 10.6 Å². The highest BCUT2D eigenvalue weighted by Gasteiger charge is 2.43. The van der Waals surface area contributed by atoms with Crippen LogP contribution in [0.25, 0.3) is 0 Å². The number of rotatable bonds is 16. The summed E-state index contributed by atoms with van der Waals surface area (Å²) in [5.41, 5.74) is 7.79. The Balaban J connectivity index is 0.000000326. The Labute approximate surface area is 396 Å². The number of benzene rings is 4. The normalized spacial score (nSPS) is 23.1. The van der Waals surface area contributed by atoms with Crippen LogP contribution >= 0.6 is 0 Å². The van der Waals surface area contributed by atoms with Crippen LogP contribution in [0.4, 0.5) is 0 Å². The van der Waals surface area contributed by atoms with E-state index in [-0.39, 0.29) is 34.5 Å². The van der Waals surface area contributed by atoms with E-state index in [9.17, 15) is 29.4 Å². The van der Waals surface area contributed by atoms with Crippen molar-refractivity contribution in [2.24, 2.45) is 23.7 Å². The third-order valence-electron chi connectivity index (χ3n) is 14.0. The standard InChI is InChI=1S/2C26H34N2O3.2C2H6/c2*1-19-8-7-11-23(14-19)26(3)12-13-28(17-20(26)2)18-22(25(31)27-16-24(29)30)15-21-9-5-4-6-10-21;2*1-2/h2*4-11,14,20,22H,12-13,15-18H2,1-3H3,(H,27,31)(H,29,30);2*1-2H3/t20-,22+,26+;20-,22-,26+;;/m00../s1. The molecule has 10 heteroatoms. The topological polar surface area (TPSA) is 147 Å². The number of carbonyl (C=O) groups is 4. The molecule has 10 nitrogen and oxygen atoms in total. The summed E-state index contributed by atoms with van der Waals surface area (Å²) in [5.74, 6) is -2.54. The van der Waals surface area contributed by atoms with Gasteiger partial charge in [0, 0.05) is 35.5 Å². The van der Waals surface area contributed by atoms with Crippen molar-refractivity contribution in [3.8, 4) is 0 Å². The average Bonchev–Trinajstić information content (AvgIpc) is 3.31. The Morgan fingerprint density at radius 1 is 0.576 bits per heavy atom. The molecule has 2 fully saturated rings. The van der Waals surface area contributed by atoms with Gasteiger partial charge in [-0.25, -0.2) is 0 Å². The third-order valence-corrected chi connectivity index (χ3v) is 14.0. The number of hydrogen-bond acceptors (Lipinski definition) is 6. The second-order valence-corrected chi connectivity index (χ2v) is 18.6. The molecule has 4 aromatic carbocycles. The summed E-state index contributed by atoms with van der Waals surface area (Å²) < 4.78 is 0. The first-order valence-electron chi connectivity index (χ1n) is 24.4. The smallest absolute Gasteiger partial charge is 0.229 e. The first-order chi connectivity index (χ1) is 31.5. The summed E-state index contributed by atoms with van der Waals surface area (Å²) in [5, 5.41) is 26.7. The number of aliphatic carboxylic acids is 2. The molecule has 0 saturated carbocycles. The van der Waals surface area contributed by atoms with Gasteiger partial charge in [0.2, 0.25) is 11.8 Å². The molecule has 2 aliphatic rings. The van der Waals surface area contributed by atoms with Gasteiger partial charge in [0.1, 0.15) is 0 Å². The van der Waals surface area contributed by atoms with Crippen molar-refractivity contribution < 1.29 is 39.2 Å². The van der Waals surface area contributed by atoms with Gasteiger partial charge >= 0.3 is 0 Å². The summed E-state index contributed by atoms with van der Waals surface area (Å²) in [7, 11) is 0. The number of aryl methyl sites for hydroxylation is 2. The largest absolute Gasteiger partial charge is 0.548 e. The average molecular weight is 905 g/mol. The van der Waals surface area contributed by atoms with Gasteiger partial charge in [0.05, 0.1) is 76.1 Å². The molecule has 0 aromatic heterocycles. The van der Waals surface area contributed by atoms with Gasteiger partial charge in [-0.05, 0) is 48.9 Å². The van der Waals surface area contributed by atoms with Gasteiger partial charge in [0.15, 0.2) is 0 Å². The van der Waals surface area contributed by atoms with Gasteiger partial charge in [-0.15, -0.1) is 0 Å². The van der Waals surface area contributed by atoms with E-state index in [0.717, 1.165) is 50.1 Å². The van der Waals surface area contributed by atoms with Crippen LogP contribution in [0.3, 0.4) is 0 Å². The van der Waals surface area contributed by atoms with Crippen molar-refractivity contribution in [3.63, 3.8) is 0 Å². The van der Waals surface area contributed by atoms with Crippen LogP contribution in [0.5, 0.6) is 0 Å². The van der Waals surface area contributed by atoms with Crippen LogP contribution in [0.2, 0.25) is 0 Å². The van der Waals surface area contributed by atoms with Gasteiger partial charge in [-0.3, -0.25) is 9.59 Å². The lowest BCUT2D eigenvalue weighted by Crippen LogP contribution is -3.15. The van der Waals surface area contributed by atoms with Gasteiger partial charge in [0.25, 0.3) is 0 Å². The molecule has 0 bridgehead atoms. The molecule has 2 saturated heterocycles. The van der Waals surface area contributed by atoms with E-state index in [1.54, 1.807) is 0 Å². The van der Waals surface area contributed by atoms with Crippen LogP contribution < -0.4 is 30.6 Å². The van der Waals surface area contributed by atoms with E-state index >= 15 is 0 Å². The van der Waals surface area contributed by atoms with Gasteiger partial charge in [-0.1, -0.05) is 176 Å². The van der Waals surface area contributed by atoms with E-state index in [4.69, 9.17) is 0 Å². The highest BCUT2D eigenvalue weighted by molar-refractivity contribution is 5.83. The van der Waals surface area contributed by atoms with Crippen molar-refractivity contribution in [2.75, 3.05) is 52.4 Å². The van der Waals surface area contributed by atoms with Crippen LogP contribution in [0.15, 0.2) is 109 Å². The quantitative estimate of drug-likeness (QED) is 0.135. The van der Waals surface area contributed by atoms with Crippen molar-refractivity contribution in [2.45, 2.75) is 106 Å². The number of likely N-dealkylation sites (tertiary alicyclic amines) is 2. The van der Waals surface area contributed by atoms with Crippen molar-refractivity contribution >= 4 is 23.8 Å². The van der Waals surface area contributed by atoms with E-state index in [1.807, 2.05) is 88.4 Å². The Bertz CT molecular complexity index is 1950. The molecule has 2 amide bonds. The number of carboxylic acids is 2. The number of piperidine rings is 2. The first kappa shape index (κ1) is 55.0. The van der Waals surface area contributed by atoms with Gasteiger partial charge in [-0.2, -0.15) is 0 Å². The molecular weight excluding hydrogens is 825 g/mol. The molecule has 6 rings (SSSR count). The van der Waals surface area contributed by atoms with Crippen molar-refractivity contribution in [1.29, 1.82) is 0 Å². The van der Waals surface area contributed by atoms with Crippen LogP contribution in [-0.4, -0.2) is 76.1 Å². The maximum absolute atomic E-state index is 12.8. The molecule has 8 atom stereocenters. The van der Waals surface area contributed by atoms with Gasteiger partial charge < -0.3 is 40.2 Å². The zero-order valence-electron chi connectivity index (χ0n) is 41.6. The fourth-order valence-electron chi connectivity index (χ4n) is 9.73. The van der Waals surface area contributed by atoms with E-state index in [0.29, 0.717) is 37.8 Å². The summed E-state index contributed by atoms with van der Waals surface area (Å²) >= 11 is 0. The lowest BCUT2D eigenvalue weighted by molar-refractivity contribution is -0.912. The SMILES string of the molecule is CC.CC.Cc1cccc([C@]2(C)CC[NH+](C[C@@H](Cc3ccccc3)C(=O)NCC(=O)[O-])C[C@@H]2C)c1.Cc1cccc([C@]2(C)CC[NH+](C[C@H](Cc3ccccc3)C(=O)NCC(=O)[O-])C[C@@H]2C)c1. The zero-order chi connectivity index (χ0) is 48.9. The molecule has 66 heavy (non-hydrogen) atoms. The molecule has 0 aliphatic carbocycles. The number of quaternary nitrogens is 2. The molecule has 360 valence electrons. The molecule has 4 N–H and O–H groups in total. The summed E-state index contributed by atoms with van der Waals surface area (Å²) in [6, 6.07) is 37.5. The van der Waals surface area contributed by atoms with E-state index in [1.165, 1.54) is 32.1 Å². The number of amides is 2. The summed E-state index contributed by atoms with van der Waals surface area (Å²) in [6.45, 7) is 26.1. The lowest BCUT2D eigenvalue weighted by atomic mass is 9.67. The second kappa shape index (κ2) is 27.4. The minimum atomic E-state index is -1.26. The monoisotopic (exact) mass is 905 g/mol. The lowest BCUT2D eigenvalue weighted by Gasteiger charge is -2.43. The first-order valence-corrected chi connectivity index (χ1v) is 24.4.